The lowest BCUT2D eigenvalue weighted by Crippen LogP contribution is -2.33. The summed E-state index contributed by atoms with van der Waals surface area (Å²) in [6.07, 6.45) is 18.2. The van der Waals surface area contributed by atoms with E-state index in [2.05, 4.69) is 19.1 Å². The maximum atomic E-state index is 11.1. The van der Waals surface area contributed by atoms with E-state index in [0.29, 0.717) is 25.7 Å². The first-order chi connectivity index (χ1) is 12.1. The van der Waals surface area contributed by atoms with E-state index in [1.807, 2.05) is 12.2 Å². The fourth-order valence-corrected chi connectivity index (χ4v) is 2.67. The second-order valence-corrected chi connectivity index (χ2v) is 6.49. The van der Waals surface area contributed by atoms with Crippen molar-refractivity contribution < 1.29 is 14.8 Å². The van der Waals surface area contributed by atoms with Crippen LogP contribution >= 0.6 is 0 Å². The molecule has 0 aliphatic carbocycles. The number of unbranched alkanes of at least 4 members (excludes halogenated alkanes) is 7. The Morgan fingerprint density at radius 1 is 0.960 bits per heavy atom. The molecule has 0 heterocycles. The van der Waals surface area contributed by atoms with Crippen LogP contribution < -0.4 is 0 Å². The standard InChI is InChI=1S/C20H35NO4/c1-2-3-4-5-6-7-8-11-14-17-20(23)19(21(24)25)16-13-10-9-12-15-18-22/h6-7,11,14,18-20,23H,2-5,8-10,12-13,15-17H2,1H3/b7-6-,14-11-. The van der Waals surface area contributed by atoms with Gasteiger partial charge in [-0.15, -0.1) is 0 Å². The number of hydrogen-bond acceptors (Lipinski definition) is 4. The molecule has 0 saturated heterocycles. The number of hydrogen-bond donors (Lipinski definition) is 1. The van der Waals surface area contributed by atoms with Crippen molar-refractivity contribution in [2.24, 2.45) is 0 Å². The van der Waals surface area contributed by atoms with E-state index in [4.69, 9.17) is 0 Å². The Labute approximate surface area is 152 Å². The summed E-state index contributed by atoms with van der Waals surface area (Å²) in [5.41, 5.74) is 0. The zero-order valence-corrected chi connectivity index (χ0v) is 15.6. The van der Waals surface area contributed by atoms with Crippen LogP contribution in [0.2, 0.25) is 0 Å². The molecule has 1 N–H and O–H groups in total. The van der Waals surface area contributed by atoms with Crippen LogP contribution in [0.25, 0.3) is 0 Å². The number of carbonyl (C=O) groups is 1. The summed E-state index contributed by atoms with van der Waals surface area (Å²) in [4.78, 5) is 21.0. The molecule has 0 spiro atoms. The van der Waals surface area contributed by atoms with Gasteiger partial charge in [0.25, 0.3) is 0 Å². The fraction of sp³-hybridized carbons (Fsp3) is 0.750. The fourth-order valence-electron chi connectivity index (χ4n) is 2.67. The molecular formula is C20H35NO4. The van der Waals surface area contributed by atoms with Gasteiger partial charge in [0.2, 0.25) is 6.04 Å². The molecule has 0 aromatic rings. The van der Waals surface area contributed by atoms with Crippen LogP contribution in [0.15, 0.2) is 24.3 Å². The van der Waals surface area contributed by atoms with Crippen molar-refractivity contribution in [2.75, 3.05) is 0 Å². The Morgan fingerprint density at radius 3 is 2.32 bits per heavy atom. The highest BCUT2D eigenvalue weighted by molar-refractivity contribution is 5.48. The highest BCUT2D eigenvalue weighted by atomic mass is 16.6. The van der Waals surface area contributed by atoms with E-state index in [1.54, 1.807) is 0 Å². The van der Waals surface area contributed by atoms with E-state index >= 15 is 0 Å². The first-order valence-corrected chi connectivity index (χ1v) is 9.68. The van der Waals surface area contributed by atoms with Gasteiger partial charge in [-0.3, -0.25) is 10.1 Å². The Balaban J connectivity index is 3.95. The molecule has 0 saturated carbocycles. The van der Waals surface area contributed by atoms with Crippen LogP contribution in [0, 0.1) is 10.1 Å². The zero-order valence-electron chi connectivity index (χ0n) is 15.6. The monoisotopic (exact) mass is 353 g/mol. The highest BCUT2D eigenvalue weighted by Crippen LogP contribution is 2.14. The molecule has 0 amide bonds. The quantitative estimate of drug-likeness (QED) is 0.131. The van der Waals surface area contributed by atoms with Gasteiger partial charge in [0.15, 0.2) is 0 Å². The van der Waals surface area contributed by atoms with Gasteiger partial charge in [-0.25, -0.2) is 0 Å². The summed E-state index contributed by atoms with van der Waals surface area (Å²) >= 11 is 0. The predicted octanol–water partition coefficient (Wildman–Crippen LogP) is 5.01. The molecule has 0 aliphatic rings. The Kier molecular flexibility index (Phi) is 16.3. The number of aldehydes is 1. The van der Waals surface area contributed by atoms with Crippen molar-refractivity contribution in [1.29, 1.82) is 0 Å². The molecule has 5 nitrogen and oxygen atoms in total. The number of aliphatic hydroxyl groups is 1. The topological polar surface area (TPSA) is 80.4 Å². The van der Waals surface area contributed by atoms with Crippen molar-refractivity contribution in [2.45, 2.75) is 96.1 Å². The second kappa shape index (κ2) is 17.3. The number of rotatable bonds is 17. The van der Waals surface area contributed by atoms with Crippen molar-refractivity contribution in [3.63, 3.8) is 0 Å². The smallest absolute Gasteiger partial charge is 0.238 e. The number of allylic oxidation sites excluding steroid dienone is 3. The molecular weight excluding hydrogens is 318 g/mol. The average Bonchev–Trinajstić information content (AvgIpc) is 2.59. The van der Waals surface area contributed by atoms with Gasteiger partial charge >= 0.3 is 0 Å². The van der Waals surface area contributed by atoms with Gasteiger partial charge in [0.1, 0.15) is 12.4 Å². The SMILES string of the molecule is CCCCC/C=C\C/C=C\CC(O)C(CCCCCCC=O)[N+](=O)[O-]. The van der Waals surface area contributed by atoms with Crippen LogP contribution in [0.1, 0.15) is 84.0 Å². The lowest BCUT2D eigenvalue weighted by atomic mass is 10.0. The number of nitro groups is 1. The van der Waals surface area contributed by atoms with Gasteiger partial charge in [-0.1, -0.05) is 56.9 Å². The van der Waals surface area contributed by atoms with Crippen LogP contribution in [0.3, 0.4) is 0 Å². The molecule has 0 aromatic carbocycles. The summed E-state index contributed by atoms with van der Waals surface area (Å²) in [5.74, 6) is 0. The third-order valence-electron chi connectivity index (χ3n) is 4.24. The second-order valence-electron chi connectivity index (χ2n) is 6.49. The van der Waals surface area contributed by atoms with Crippen molar-refractivity contribution in [3.05, 3.63) is 34.4 Å². The normalized spacial score (nSPS) is 14.2. The van der Waals surface area contributed by atoms with Crippen LogP contribution in [-0.2, 0) is 4.79 Å². The Morgan fingerprint density at radius 2 is 1.64 bits per heavy atom. The van der Waals surface area contributed by atoms with E-state index in [-0.39, 0.29) is 4.92 Å². The summed E-state index contributed by atoms with van der Waals surface area (Å²) < 4.78 is 0. The van der Waals surface area contributed by atoms with Crippen LogP contribution in [0.5, 0.6) is 0 Å². The summed E-state index contributed by atoms with van der Waals surface area (Å²) in [7, 11) is 0. The predicted molar refractivity (Wildman–Crippen MR) is 102 cm³/mol. The first kappa shape index (κ1) is 23.5. The maximum absolute atomic E-state index is 11.1. The van der Waals surface area contributed by atoms with Gasteiger partial charge in [-0.2, -0.15) is 0 Å². The first-order valence-electron chi connectivity index (χ1n) is 9.68. The summed E-state index contributed by atoms with van der Waals surface area (Å²) in [6.45, 7) is 2.18. The number of carbonyl (C=O) groups excluding carboxylic acids is 1. The lowest BCUT2D eigenvalue weighted by molar-refractivity contribution is -0.535. The van der Waals surface area contributed by atoms with Gasteiger partial charge < -0.3 is 9.90 Å². The Bertz CT molecular complexity index is 393. The third kappa shape index (κ3) is 14.6. The summed E-state index contributed by atoms with van der Waals surface area (Å²) in [5, 5.41) is 21.2. The van der Waals surface area contributed by atoms with Gasteiger partial charge in [0.05, 0.1) is 0 Å². The minimum absolute atomic E-state index is 0.320. The van der Waals surface area contributed by atoms with Gasteiger partial charge in [0, 0.05) is 17.8 Å². The van der Waals surface area contributed by atoms with Crippen molar-refractivity contribution in [3.8, 4) is 0 Å². The minimum atomic E-state index is -0.935. The maximum Gasteiger partial charge on any atom is 0.238 e. The molecule has 0 aromatic heterocycles. The van der Waals surface area contributed by atoms with Crippen molar-refractivity contribution in [1.82, 2.24) is 0 Å². The molecule has 0 rings (SSSR count). The molecule has 144 valence electrons. The third-order valence-corrected chi connectivity index (χ3v) is 4.24. The molecule has 0 bridgehead atoms. The molecule has 2 atom stereocenters. The lowest BCUT2D eigenvalue weighted by Gasteiger charge is -2.14. The van der Waals surface area contributed by atoms with Crippen LogP contribution in [-0.4, -0.2) is 28.5 Å². The molecule has 0 fully saturated rings. The van der Waals surface area contributed by atoms with E-state index in [0.717, 1.165) is 38.4 Å². The molecule has 0 aliphatic heterocycles. The molecule has 0 radical (unpaired) electrons. The van der Waals surface area contributed by atoms with E-state index in [1.165, 1.54) is 19.3 Å². The largest absolute Gasteiger partial charge is 0.386 e. The van der Waals surface area contributed by atoms with E-state index in [9.17, 15) is 20.0 Å². The minimum Gasteiger partial charge on any atom is -0.386 e. The number of aliphatic hydroxyl groups excluding tert-OH is 1. The highest BCUT2D eigenvalue weighted by Gasteiger charge is 2.27. The van der Waals surface area contributed by atoms with Gasteiger partial charge in [-0.05, 0) is 38.5 Å². The molecule has 5 heteroatoms. The van der Waals surface area contributed by atoms with Crippen LogP contribution in [0.4, 0.5) is 0 Å². The molecule has 2 unspecified atom stereocenters. The summed E-state index contributed by atoms with van der Waals surface area (Å²) in [6, 6.07) is -0.902. The number of nitrogens with zero attached hydrogens (tertiary/aromatic N) is 1. The van der Waals surface area contributed by atoms with Crippen molar-refractivity contribution >= 4 is 6.29 Å². The Hall–Kier alpha value is -1.49. The van der Waals surface area contributed by atoms with E-state index < -0.39 is 12.1 Å². The zero-order chi connectivity index (χ0) is 18.8. The molecule has 25 heavy (non-hydrogen) atoms. The average molecular weight is 354 g/mol.